The van der Waals surface area contributed by atoms with Crippen molar-refractivity contribution in [2.24, 2.45) is 5.41 Å². The Labute approximate surface area is 138 Å². The molecule has 1 aromatic heterocycles. The molecule has 2 fully saturated rings. The van der Waals surface area contributed by atoms with E-state index in [-0.39, 0.29) is 0 Å². The second kappa shape index (κ2) is 7.86. The number of nitrogens with zero attached hydrogens (tertiary/aromatic N) is 2. The monoisotopic (exact) mass is 323 g/mol. The molecule has 1 aromatic rings. The third kappa shape index (κ3) is 4.28. The van der Waals surface area contributed by atoms with E-state index in [9.17, 15) is 0 Å². The molecular formula is C17H29N3OS. The molecule has 0 spiro atoms. The number of nitrogens with one attached hydrogen (secondary N) is 1. The minimum atomic E-state index is 0.466. The van der Waals surface area contributed by atoms with Gasteiger partial charge < -0.3 is 10.1 Å². The first kappa shape index (κ1) is 16.4. The molecule has 2 heterocycles. The van der Waals surface area contributed by atoms with Crippen LogP contribution in [-0.2, 0) is 11.3 Å². The van der Waals surface area contributed by atoms with Crippen molar-refractivity contribution in [3.8, 4) is 0 Å². The third-order valence-electron chi connectivity index (χ3n) is 5.21. The molecule has 22 heavy (non-hydrogen) atoms. The Morgan fingerprint density at radius 2 is 2.05 bits per heavy atom. The summed E-state index contributed by atoms with van der Waals surface area (Å²) in [5.74, 6) is 0. The second-order valence-corrected chi connectivity index (χ2v) is 7.85. The van der Waals surface area contributed by atoms with E-state index < -0.39 is 0 Å². The standard InChI is InChI=1S/C17H29N3OS/c1-15-16(22-14-19-15)11-18-12-17(5-3-2-4-6-17)13-20-7-9-21-10-8-20/h14,18H,2-13H2,1H3. The smallest absolute Gasteiger partial charge is 0.0798 e. The quantitative estimate of drug-likeness (QED) is 0.873. The molecule has 1 saturated heterocycles. The van der Waals surface area contributed by atoms with Crippen LogP contribution in [0, 0.1) is 12.3 Å². The van der Waals surface area contributed by atoms with Crippen molar-refractivity contribution in [2.45, 2.75) is 45.6 Å². The predicted octanol–water partition coefficient (Wildman–Crippen LogP) is 2.82. The zero-order valence-electron chi connectivity index (χ0n) is 13.8. The van der Waals surface area contributed by atoms with Gasteiger partial charge in [0.05, 0.1) is 24.4 Å². The molecule has 1 aliphatic carbocycles. The Hall–Kier alpha value is -0.490. The number of ether oxygens (including phenoxy) is 1. The first-order chi connectivity index (χ1) is 10.8. The van der Waals surface area contributed by atoms with Gasteiger partial charge in [-0.25, -0.2) is 4.98 Å². The molecule has 0 radical (unpaired) electrons. The van der Waals surface area contributed by atoms with Gasteiger partial charge in [-0.15, -0.1) is 11.3 Å². The highest BCUT2D eigenvalue weighted by molar-refractivity contribution is 7.09. The fourth-order valence-corrected chi connectivity index (χ4v) is 4.61. The number of aryl methyl sites for hydroxylation is 1. The van der Waals surface area contributed by atoms with E-state index in [0.717, 1.165) is 39.4 Å². The Balaban J connectivity index is 1.55. The molecule has 124 valence electrons. The lowest BCUT2D eigenvalue weighted by Crippen LogP contribution is -2.48. The molecule has 0 amide bonds. The average Bonchev–Trinajstić information content (AvgIpc) is 2.95. The van der Waals surface area contributed by atoms with E-state index in [4.69, 9.17) is 4.74 Å². The molecule has 2 aliphatic rings. The first-order valence-corrected chi connectivity index (χ1v) is 9.55. The molecule has 0 atom stereocenters. The summed E-state index contributed by atoms with van der Waals surface area (Å²) in [4.78, 5) is 8.36. The van der Waals surface area contributed by atoms with Crippen LogP contribution in [0.4, 0.5) is 0 Å². The number of aromatic nitrogens is 1. The van der Waals surface area contributed by atoms with E-state index >= 15 is 0 Å². The summed E-state index contributed by atoms with van der Waals surface area (Å²) in [5.41, 5.74) is 3.60. The first-order valence-electron chi connectivity index (χ1n) is 8.67. The van der Waals surface area contributed by atoms with Crippen LogP contribution in [-0.4, -0.2) is 49.3 Å². The topological polar surface area (TPSA) is 37.4 Å². The van der Waals surface area contributed by atoms with Crippen molar-refractivity contribution in [3.05, 3.63) is 16.1 Å². The van der Waals surface area contributed by atoms with Gasteiger partial charge in [0, 0.05) is 37.6 Å². The van der Waals surface area contributed by atoms with Gasteiger partial charge in [-0.05, 0) is 25.2 Å². The van der Waals surface area contributed by atoms with Gasteiger partial charge in [0.25, 0.3) is 0 Å². The van der Waals surface area contributed by atoms with E-state index in [2.05, 4.69) is 22.1 Å². The normalized spacial score (nSPS) is 22.8. The van der Waals surface area contributed by atoms with Crippen molar-refractivity contribution in [3.63, 3.8) is 0 Å². The molecule has 3 rings (SSSR count). The SMILES string of the molecule is Cc1ncsc1CNCC1(CN2CCOCC2)CCCCC1. The maximum absolute atomic E-state index is 5.50. The van der Waals surface area contributed by atoms with Crippen LogP contribution in [0.1, 0.15) is 42.7 Å². The van der Waals surface area contributed by atoms with Crippen LogP contribution in [0.25, 0.3) is 0 Å². The summed E-state index contributed by atoms with van der Waals surface area (Å²) >= 11 is 1.77. The number of thiazole rings is 1. The highest BCUT2D eigenvalue weighted by Crippen LogP contribution is 2.37. The maximum Gasteiger partial charge on any atom is 0.0798 e. The van der Waals surface area contributed by atoms with Gasteiger partial charge in [-0.1, -0.05) is 19.3 Å². The summed E-state index contributed by atoms with van der Waals surface area (Å²) in [6, 6.07) is 0. The van der Waals surface area contributed by atoms with Crippen molar-refractivity contribution >= 4 is 11.3 Å². The minimum absolute atomic E-state index is 0.466. The summed E-state index contributed by atoms with van der Waals surface area (Å²) in [5, 5.41) is 3.74. The molecule has 0 aromatic carbocycles. The van der Waals surface area contributed by atoms with Crippen molar-refractivity contribution < 1.29 is 4.74 Å². The molecule has 1 saturated carbocycles. The second-order valence-electron chi connectivity index (χ2n) is 6.91. The number of hydrogen-bond acceptors (Lipinski definition) is 5. The molecule has 0 unspecified atom stereocenters. The zero-order valence-corrected chi connectivity index (χ0v) is 14.6. The maximum atomic E-state index is 5.50. The Bertz CT molecular complexity index is 451. The summed E-state index contributed by atoms with van der Waals surface area (Å²) in [6.07, 6.45) is 6.95. The minimum Gasteiger partial charge on any atom is -0.379 e. The lowest BCUT2D eigenvalue weighted by molar-refractivity contribution is 0.00714. The van der Waals surface area contributed by atoms with E-state index in [1.54, 1.807) is 11.3 Å². The fraction of sp³-hybridized carbons (Fsp3) is 0.824. The van der Waals surface area contributed by atoms with Gasteiger partial charge in [0.15, 0.2) is 0 Å². The van der Waals surface area contributed by atoms with Crippen molar-refractivity contribution in [1.29, 1.82) is 0 Å². The van der Waals surface area contributed by atoms with Crippen LogP contribution < -0.4 is 5.32 Å². The Morgan fingerprint density at radius 3 is 2.73 bits per heavy atom. The van der Waals surface area contributed by atoms with Crippen LogP contribution >= 0.6 is 11.3 Å². The fourth-order valence-electron chi connectivity index (χ4n) is 3.86. The lowest BCUT2D eigenvalue weighted by atomic mass is 9.73. The predicted molar refractivity (Wildman–Crippen MR) is 91.3 cm³/mol. The largest absolute Gasteiger partial charge is 0.379 e. The third-order valence-corrected chi connectivity index (χ3v) is 6.14. The van der Waals surface area contributed by atoms with Crippen LogP contribution in [0.2, 0.25) is 0 Å². The summed E-state index contributed by atoms with van der Waals surface area (Å²) in [7, 11) is 0. The van der Waals surface area contributed by atoms with Crippen LogP contribution in [0.15, 0.2) is 5.51 Å². The Morgan fingerprint density at radius 1 is 1.27 bits per heavy atom. The molecule has 0 bridgehead atoms. The highest BCUT2D eigenvalue weighted by atomic mass is 32.1. The van der Waals surface area contributed by atoms with E-state index in [1.807, 2.05) is 5.51 Å². The molecule has 1 N–H and O–H groups in total. The van der Waals surface area contributed by atoms with Crippen molar-refractivity contribution in [2.75, 3.05) is 39.4 Å². The zero-order chi connectivity index (χ0) is 15.3. The van der Waals surface area contributed by atoms with Gasteiger partial charge in [0.1, 0.15) is 0 Å². The molecule has 4 nitrogen and oxygen atoms in total. The number of hydrogen-bond donors (Lipinski definition) is 1. The highest BCUT2D eigenvalue weighted by Gasteiger charge is 2.34. The molecule has 5 heteroatoms. The summed E-state index contributed by atoms with van der Waals surface area (Å²) in [6.45, 7) is 9.49. The van der Waals surface area contributed by atoms with E-state index in [0.29, 0.717) is 5.41 Å². The number of morpholine rings is 1. The van der Waals surface area contributed by atoms with Gasteiger partial charge in [0.2, 0.25) is 0 Å². The van der Waals surface area contributed by atoms with Crippen molar-refractivity contribution in [1.82, 2.24) is 15.2 Å². The summed E-state index contributed by atoms with van der Waals surface area (Å²) < 4.78 is 5.50. The Kier molecular flexibility index (Phi) is 5.85. The van der Waals surface area contributed by atoms with E-state index in [1.165, 1.54) is 49.2 Å². The van der Waals surface area contributed by atoms with Gasteiger partial charge in [-0.2, -0.15) is 0 Å². The average molecular weight is 324 g/mol. The van der Waals surface area contributed by atoms with Crippen LogP contribution in [0.3, 0.4) is 0 Å². The van der Waals surface area contributed by atoms with Gasteiger partial charge >= 0.3 is 0 Å². The lowest BCUT2D eigenvalue weighted by Gasteiger charge is -2.42. The molecular weight excluding hydrogens is 294 g/mol. The van der Waals surface area contributed by atoms with Gasteiger partial charge in [-0.3, -0.25) is 4.90 Å². The number of rotatable bonds is 6. The van der Waals surface area contributed by atoms with Crippen LogP contribution in [0.5, 0.6) is 0 Å². The molecule has 1 aliphatic heterocycles.